The predicted molar refractivity (Wildman–Crippen MR) is 151 cm³/mol. The molecule has 1 aromatic carbocycles. The van der Waals surface area contributed by atoms with Gasteiger partial charge in [-0.2, -0.15) is 0 Å². The zero-order chi connectivity index (χ0) is 26.2. The summed E-state index contributed by atoms with van der Waals surface area (Å²) in [5.74, 6) is 0.687. The maximum Gasteiger partial charge on any atom is 0.315 e. The van der Waals surface area contributed by atoms with Gasteiger partial charge in [0.15, 0.2) is 0 Å². The van der Waals surface area contributed by atoms with E-state index in [4.69, 9.17) is 5.73 Å². The first-order chi connectivity index (χ1) is 18.0. The van der Waals surface area contributed by atoms with E-state index in [-0.39, 0.29) is 30.2 Å². The number of urea groups is 1. The largest absolute Gasteiger partial charge is 0.382 e. The monoisotopic (exact) mass is 509 g/mol. The highest BCUT2D eigenvalue weighted by Crippen LogP contribution is 2.44. The van der Waals surface area contributed by atoms with Gasteiger partial charge >= 0.3 is 6.03 Å². The van der Waals surface area contributed by atoms with Crippen LogP contribution >= 0.6 is 0 Å². The van der Waals surface area contributed by atoms with Crippen molar-refractivity contribution in [3.05, 3.63) is 24.3 Å². The second-order valence-corrected chi connectivity index (χ2v) is 10.4. The van der Waals surface area contributed by atoms with Crippen LogP contribution in [0.15, 0.2) is 24.3 Å². The predicted octanol–water partition coefficient (Wildman–Crippen LogP) is 4.48. The first-order valence-corrected chi connectivity index (χ1v) is 14.0. The van der Waals surface area contributed by atoms with E-state index >= 15 is 0 Å². The Morgan fingerprint density at radius 1 is 1.05 bits per heavy atom. The lowest BCUT2D eigenvalue weighted by Crippen LogP contribution is -2.36. The van der Waals surface area contributed by atoms with E-state index in [0.717, 1.165) is 86.6 Å². The van der Waals surface area contributed by atoms with Gasteiger partial charge in [-0.3, -0.25) is 4.79 Å². The van der Waals surface area contributed by atoms with Crippen LogP contribution in [0.2, 0.25) is 0 Å². The molecule has 1 aromatic heterocycles. The fourth-order valence-corrected chi connectivity index (χ4v) is 5.46. The summed E-state index contributed by atoms with van der Waals surface area (Å²) in [4.78, 5) is 30.7. The van der Waals surface area contributed by atoms with Crippen molar-refractivity contribution in [3.8, 4) is 0 Å². The first-order valence-electron chi connectivity index (χ1n) is 14.0. The van der Waals surface area contributed by atoms with Crippen LogP contribution in [0.25, 0.3) is 10.9 Å². The summed E-state index contributed by atoms with van der Waals surface area (Å²) in [6, 6.07) is 8.49. The van der Waals surface area contributed by atoms with Gasteiger partial charge in [0, 0.05) is 30.9 Å². The zero-order valence-corrected chi connectivity index (χ0v) is 22.3. The summed E-state index contributed by atoms with van der Waals surface area (Å²) in [5.41, 5.74) is 9.38. The molecule has 9 nitrogen and oxygen atoms in total. The highest BCUT2D eigenvalue weighted by atomic mass is 16.2. The number of fused-ring (bicyclic) bond motifs is 3. The molecule has 0 spiro atoms. The molecule has 1 saturated heterocycles. The van der Waals surface area contributed by atoms with E-state index in [9.17, 15) is 9.59 Å². The lowest BCUT2D eigenvalue weighted by Gasteiger charge is -2.27. The van der Waals surface area contributed by atoms with Crippen molar-refractivity contribution in [1.29, 1.82) is 0 Å². The number of benzene rings is 1. The van der Waals surface area contributed by atoms with Crippen LogP contribution in [0.4, 0.5) is 22.0 Å². The smallest absolute Gasteiger partial charge is 0.315 e. The molecule has 3 heterocycles. The number of carbonyl (C=O) groups excluding carboxylic acids is 2. The molecule has 9 heteroatoms. The van der Waals surface area contributed by atoms with Crippen LogP contribution in [-0.2, 0) is 4.79 Å². The molecule has 0 aliphatic carbocycles. The van der Waals surface area contributed by atoms with Crippen LogP contribution in [-0.4, -0.2) is 48.3 Å². The number of hydrogen-bond acceptors (Lipinski definition) is 6. The van der Waals surface area contributed by atoms with E-state index in [1.807, 2.05) is 19.1 Å². The molecule has 0 radical (unpaired) electrons. The molecular weight excluding hydrogens is 466 g/mol. The van der Waals surface area contributed by atoms with Crippen molar-refractivity contribution in [2.24, 2.45) is 0 Å². The average molecular weight is 510 g/mol. The van der Waals surface area contributed by atoms with Crippen LogP contribution in [0.5, 0.6) is 0 Å². The molecule has 1 fully saturated rings. The van der Waals surface area contributed by atoms with Crippen molar-refractivity contribution >= 4 is 40.0 Å². The second-order valence-electron chi connectivity index (χ2n) is 10.4. The Kier molecular flexibility index (Phi) is 9.30. The van der Waals surface area contributed by atoms with E-state index < -0.39 is 0 Å². The molecule has 2 aliphatic heterocycles. The zero-order valence-electron chi connectivity index (χ0n) is 22.3. The third-order valence-corrected chi connectivity index (χ3v) is 7.54. The molecule has 3 atom stereocenters. The summed E-state index contributed by atoms with van der Waals surface area (Å²) >= 11 is 0. The maximum atomic E-state index is 12.3. The van der Waals surface area contributed by atoms with Gasteiger partial charge in [0.1, 0.15) is 11.5 Å². The molecule has 6 N–H and O–H groups in total. The molecule has 3 unspecified atom stereocenters. The summed E-state index contributed by atoms with van der Waals surface area (Å²) in [6.45, 7) is 5.84. The van der Waals surface area contributed by atoms with Gasteiger partial charge in [0.25, 0.3) is 0 Å². The SMILES string of the molecule is CCCCC1Nc2c(N)nc3ccccc3c2N1CCCCNC(=O)CCCCCC1NC(=O)NC1C. The van der Waals surface area contributed by atoms with Gasteiger partial charge in [0.2, 0.25) is 5.91 Å². The lowest BCUT2D eigenvalue weighted by atomic mass is 10.0. The number of anilines is 3. The quantitative estimate of drug-likeness (QED) is 0.239. The summed E-state index contributed by atoms with van der Waals surface area (Å²) in [7, 11) is 0. The minimum Gasteiger partial charge on any atom is -0.382 e. The topological polar surface area (TPSA) is 124 Å². The van der Waals surface area contributed by atoms with Crippen molar-refractivity contribution in [3.63, 3.8) is 0 Å². The van der Waals surface area contributed by atoms with E-state index in [2.05, 4.69) is 50.2 Å². The van der Waals surface area contributed by atoms with Crippen LogP contribution < -0.4 is 31.9 Å². The highest BCUT2D eigenvalue weighted by molar-refractivity contribution is 6.04. The number of carbonyl (C=O) groups is 2. The molecular formula is C28H43N7O2. The van der Waals surface area contributed by atoms with E-state index in [1.165, 1.54) is 0 Å². The number of amides is 3. The molecule has 0 bridgehead atoms. The Morgan fingerprint density at radius 2 is 1.89 bits per heavy atom. The molecule has 2 aliphatic rings. The second kappa shape index (κ2) is 12.8. The Balaban J connectivity index is 1.19. The Morgan fingerprint density at radius 3 is 2.68 bits per heavy atom. The number of nitrogens with zero attached hydrogens (tertiary/aromatic N) is 2. The summed E-state index contributed by atoms with van der Waals surface area (Å²) in [6.07, 6.45) is 9.90. The Labute approximate surface area is 220 Å². The average Bonchev–Trinajstić information content (AvgIpc) is 3.41. The van der Waals surface area contributed by atoms with Crippen molar-refractivity contribution in [2.45, 2.75) is 96.3 Å². The maximum absolute atomic E-state index is 12.3. The number of unbranched alkanes of at least 4 members (excludes halogenated alkanes) is 4. The summed E-state index contributed by atoms with van der Waals surface area (Å²) < 4.78 is 0. The number of nitrogens with one attached hydrogen (secondary N) is 4. The number of nitrogens with two attached hydrogens (primary N) is 1. The van der Waals surface area contributed by atoms with Crippen molar-refractivity contribution in [1.82, 2.24) is 20.9 Å². The van der Waals surface area contributed by atoms with Crippen molar-refractivity contribution in [2.75, 3.05) is 29.0 Å². The lowest BCUT2D eigenvalue weighted by molar-refractivity contribution is -0.121. The van der Waals surface area contributed by atoms with Crippen LogP contribution in [0.3, 0.4) is 0 Å². The molecule has 0 saturated carbocycles. The highest BCUT2D eigenvalue weighted by Gasteiger charge is 2.32. The summed E-state index contributed by atoms with van der Waals surface area (Å²) in [5, 5.41) is 13.7. The number of para-hydroxylation sites is 1. The molecule has 202 valence electrons. The Hall–Kier alpha value is -3.23. The van der Waals surface area contributed by atoms with Crippen molar-refractivity contribution < 1.29 is 9.59 Å². The number of rotatable bonds is 14. The number of hydrogen-bond donors (Lipinski definition) is 5. The Bertz CT molecular complexity index is 1080. The van der Waals surface area contributed by atoms with Gasteiger partial charge in [-0.05, 0) is 51.5 Å². The van der Waals surface area contributed by atoms with Gasteiger partial charge < -0.3 is 31.9 Å². The number of aromatic nitrogens is 1. The third kappa shape index (κ3) is 6.76. The minimum atomic E-state index is -0.0759. The van der Waals surface area contributed by atoms with Gasteiger partial charge in [-0.25, -0.2) is 9.78 Å². The van der Waals surface area contributed by atoms with Gasteiger partial charge in [-0.15, -0.1) is 0 Å². The van der Waals surface area contributed by atoms with Crippen LogP contribution in [0.1, 0.15) is 78.1 Å². The standard InChI is InChI=1S/C28H43N7O2/c1-3-4-15-23-34-25-26(20-12-8-9-14-22(20)32-27(25)29)35(23)18-11-10-17-30-24(36)16-7-5-6-13-21-19(2)31-28(37)33-21/h8-9,12,14,19,21,23,34H,3-7,10-11,13,15-18H2,1-2H3,(H2,29,32)(H,30,36)(H2,31,33,37). The normalized spacial score (nSPS) is 20.4. The molecule has 2 aromatic rings. The third-order valence-electron chi connectivity index (χ3n) is 7.54. The molecule has 4 rings (SSSR count). The first kappa shape index (κ1) is 26.8. The fourth-order valence-electron chi connectivity index (χ4n) is 5.46. The number of pyridine rings is 1. The van der Waals surface area contributed by atoms with E-state index in [0.29, 0.717) is 18.8 Å². The molecule has 37 heavy (non-hydrogen) atoms. The van der Waals surface area contributed by atoms with Crippen LogP contribution in [0, 0.1) is 0 Å². The van der Waals surface area contributed by atoms with Gasteiger partial charge in [-0.1, -0.05) is 44.4 Å². The fraction of sp³-hybridized carbons (Fsp3) is 0.607. The van der Waals surface area contributed by atoms with E-state index in [1.54, 1.807) is 0 Å². The number of nitrogen functional groups attached to an aromatic ring is 1. The van der Waals surface area contributed by atoms with Gasteiger partial charge in [0.05, 0.1) is 23.4 Å². The minimum absolute atomic E-state index is 0.0759. The molecule has 3 amide bonds.